The summed E-state index contributed by atoms with van der Waals surface area (Å²) in [5, 5.41) is 5.81. The predicted octanol–water partition coefficient (Wildman–Crippen LogP) is 3.62. The van der Waals surface area contributed by atoms with Gasteiger partial charge in [-0.15, -0.1) is 11.3 Å². The molecule has 1 atom stereocenters. The molecule has 8 heteroatoms. The molecule has 0 radical (unpaired) electrons. The van der Waals surface area contributed by atoms with E-state index >= 15 is 0 Å². The summed E-state index contributed by atoms with van der Waals surface area (Å²) in [4.78, 5) is 28.6. The lowest BCUT2D eigenvalue weighted by atomic mass is 10.1. The van der Waals surface area contributed by atoms with Crippen LogP contribution in [0, 0.1) is 6.92 Å². The maximum Gasteiger partial charge on any atom is 0.287 e. The summed E-state index contributed by atoms with van der Waals surface area (Å²) in [6.07, 6.45) is 0. The third-order valence-corrected chi connectivity index (χ3v) is 6.43. The lowest BCUT2D eigenvalue weighted by Crippen LogP contribution is -2.43. The van der Waals surface area contributed by atoms with E-state index in [0.717, 1.165) is 18.7 Å². The molecule has 1 aliphatic rings. The van der Waals surface area contributed by atoms with Crippen molar-refractivity contribution in [2.24, 2.45) is 0 Å². The van der Waals surface area contributed by atoms with Gasteiger partial charge in [0.25, 0.3) is 5.91 Å². The molecule has 0 saturated carbocycles. The minimum Gasteiger partial charge on any atom is -0.451 e. The van der Waals surface area contributed by atoms with E-state index in [-0.39, 0.29) is 17.2 Å². The molecular formula is C21H21ClN2O4S. The number of amides is 1. The maximum atomic E-state index is 12.7. The second kappa shape index (κ2) is 8.67. The van der Waals surface area contributed by atoms with Crippen molar-refractivity contribution in [3.63, 3.8) is 0 Å². The predicted molar refractivity (Wildman–Crippen MR) is 114 cm³/mol. The number of benzene rings is 1. The molecular weight excluding hydrogens is 412 g/mol. The van der Waals surface area contributed by atoms with Gasteiger partial charge in [0.05, 0.1) is 24.6 Å². The zero-order valence-corrected chi connectivity index (χ0v) is 17.5. The largest absolute Gasteiger partial charge is 0.451 e. The molecule has 0 bridgehead atoms. The lowest BCUT2D eigenvalue weighted by molar-refractivity contribution is 0.0168. The zero-order chi connectivity index (χ0) is 20.4. The number of halogens is 1. The van der Waals surface area contributed by atoms with E-state index in [0.29, 0.717) is 35.8 Å². The molecule has 4 rings (SSSR count). The first-order valence-electron chi connectivity index (χ1n) is 9.40. The van der Waals surface area contributed by atoms with Gasteiger partial charge in [-0.2, -0.15) is 0 Å². The number of rotatable bonds is 5. The molecule has 6 nitrogen and oxygen atoms in total. The number of hydrogen-bond donors (Lipinski definition) is 1. The molecule has 1 aromatic carbocycles. The Labute approximate surface area is 177 Å². The fourth-order valence-electron chi connectivity index (χ4n) is 3.44. The number of hydrogen-bond acceptors (Lipinski definition) is 6. The molecule has 1 unspecified atom stereocenters. The van der Waals surface area contributed by atoms with Gasteiger partial charge in [0.15, 0.2) is 11.2 Å². The number of ether oxygens (including phenoxy) is 1. The van der Waals surface area contributed by atoms with Gasteiger partial charge in [-0.25, -0.2) is 0 Å². The second-order valence-electron chi connectivity index (χ2n) is 6.96. The molecule has 0 spiro atoms. The Bertz CT molecular complexity index is 1070. The van der Waals surface area contributed by atoms with Crippen LogP contribution in [-0.2, 0) is 4.74 Å². The number of carbonyl (C=O) groups excluding carboxylic acids is 1. The van der Waals surface area contributed by atoms with E-state index in [1.807, 2.05) is 18.4 Å². The summed E-state index contributed by atoms with van der Waals surface area (Å²) in [6, 6.07) is 8.60. The van der Waals surface area contributed by atoms with Gasteiger partial charge in [0, 0.05) is 35.6 Å². The van der Waals surface area contributed by atoms with E-state index in [9.17, 15) is 9.59 Å². The highest BCUT2D eigenvalue weighted by Crippen LogP contribution is 2.26. The van der Waals surface area contributed by atoms with Crippen LogP contribution < -0.4 is 10.7 Å². The van der Waals surface area contributed by atoms with Crippen LogP contribution in [0.1, 0.15) is 27.0 Å². The van der Waals surface area contributed by atoms with Crippen molar-refractivity contribution in [1.29, 1.82) is 0 Å². The average molecular weight is 433 g/mol. The summed E-state index contributed by atoms with van der Waals surface area (Å²) in [5.41, 5.74) is 0.846. The van der Waals surface area contributed by atoms with E-state index in [1.54, 1.807) is 23.5 Å². The van der Waals surface area contributed by atoms with Crippen molar-refractivity contribution >= 4 is 39.8 Å². The molecule has 152 valence electrons. The van der Waals surface area contributed by atoms with Crippen LogP contribution in [0.3, 0.4) is 0 Å². The van der Waals surface area contributed by atoms with E-state index < -0.39 is 5.91 Å². The van der Waals surface area contributed by atoms with Crippen LogP contribution >= 0.6 is 22.9 Å². The molecule has 1 fully saturated rings. The highest BCUT2D eigenvalue weighted by atomic mass is 35.5. The summed E-state index contributed by atoms with van der Waals surface area (Å²) in [6.45, 7) is 5.21. The van der Waals surface area contributed by atoms with Gasteiger partial charge in [-0.1, -0.05) is 17.7 Å². The van der Waals surface area contributed by atoms with Gasteiger partial charge in [0.1, 0.15) is 5.58 Å². The van der Waals surface area contributed by atoms with Crippen molar-refractivity contribution < 1.29 is 13.9 Å². The Morgan fingerprint density at radius 3 is 2.83 bits per heavy atom. The lowest BCUT2D eigenvalue weighted by Gasteiger charge is -2.34. The number of morpholine rings is 1. The van der Waals surface area contributed by atoms with Crippen molar-refractivity contribution in [3.8, 4) is 0 Å². The number of fused-ring (bicyclic) bond motifs is 1. The van der Waals surface area contributed by atoms with E-state index in [1.165, 1.54) is 10.9 Å². The average Bonchev–Trinajstić information content (AvgIpc) is 3.25. The Hall–Kier alpha value is -2.19. The highest BCUT2D eigenvalue weighted by Gasteiger charge is 2.24. The Balaban J connectivity index is 1.55. The van der Waals surface area contributed by atoms with Crippen LogP contribution in [0.5, 0.6) is 0 Å². The molecule has 3 aromatic rings. The van der Waals surface area contributed by atoms with Gasteiger partial charge in [-0.3, -0.25) is 14.5 Å². The smallest absolute Gasteiger partial charge is 0.287 e. The summed E-state index contributed by atoms with van der Waals surface area (Å²) in [7, 11) is 0. The quantitative estimate of drug-likeness (QED) is 0.666. The number of aryl methyl sites for hydroxylation is 1. The Morgan fingerprint density at radius 1 is 1.31 bits per heavy atom. The van der Waals surface area contributed by atoms with Crippen molar-refractivity contribution in [2.45, 2.75) is 13.0 Å². The summed E-state index contributed by atoms with van der Waals surface area (Å²) >= 11 is 7.76. The first-order chi connectivity index (χ1) is 14.0. The van der Waals surface area contributed by atoms with Crippen molar-refractivity contribution in [2.75, 3.05) is 32.8 Å². The Kier molecular flexibility index (Phi) is 6.01. The van der Waals surface area contributed by atoms with Gasteiger partial charge >= 0.3 is 0 Å². The molecule has 29 heavy (non-hydrogen) atoms. The molecule has 2 aromatic heterocycles. The topological polar surface area (TPSA) is 71.8 Å². The van der Waals surface area contributed by atoms with E-state index in [2.05, 4.69) is 16.3 Å². The highest BCUT2D eigenvalue weighted by molar-refractivity contribution is 7.10. The number of nitrogens with zero attached hydrogens (tertiary/aromatic N) is 1. The van der Waals surface area contributed by atoms with Gasteiger partial charge < -0.3 is 14.5 Å². The molecule has 0 aliphatic carbocycles. The molecule has 1 amide bonds. The minimum atomic E-state index is -0.411. The van der Waals surface area contributed by atoms with Crippen LogP contribution in [0.4, 0.5) is 0 Å². The SMILES string of the molecule is Cc1cc2oc(C(=O)NCC(c3cccs3)N3CCOCC3)cc(=O)c2cc1Cl. The normalized spacial score (nSPS) is 16.1. The number of thiophene rings is 1. The third kappa shape index (κ3) is 4.38. The first kappa shape index (κ1) is 20.1. The number of nitrogens with one attached hydrogen (secondary N) is 1. The number of carbonyl (C=O) groups is 1. The first-order valence-corrected chi connectivity index (χ1v) is 10.7. The van der Waals surface area contributed by atoms with Crippen molar-refractivity contribution in [1.82, 2.24) is 10.2 Å². The Morgan fingerprint density at radius 2 is 2.10 bits per heavy atom. The van der Waals surface area contributed by atoms with Crippen LogP contribution in [0.15, 0.2) is 44.9 Å². The summed E-state index contributed by atoms with van der Waals surface area (Å²) < 4.78 is 11.2. The zero-order valence-electron chi connectivity index (χ0n) is 15.9. The standard InChI is InChI=1S/C21H21ClN2O4S/c1-13-9-18-14(10-15(13)22)17(25)11-19(28-18)21(26)23-12-16(20-3-2-8-29-20)24-4-6-27-7-5-24/h2-3,8-11,16H,4-7,12H2,1H3,(H,23,26). The van der Waals surface area contributed by atoms with Crippen LogP contribution in [0.2, 0.25) is 5.02 Å². The van der Waals surface area contributed by atoms with Crippen molar-refractivity contribution in [3.05, 3.63) is 67.2 Å². The van der Waals surface area contributed by atoms with Gasteiger partial charge in [0.2, 0.25) is 0 Å². The molecule has 1 aliphatic heterocycles. The molecule has 1 saturated heterocycles. The van der Waals surface area contributed by atoms with Crippen LogP contribution in [0.25, 0.3) is 11.0 Å². The molecule has 3 heterocycles. The fraction of sp³-hybridized carbons (Fsp3) is 0.333. The second-order valence-corrected chi connectivity index (χ2v) is 8.35. The van der Waals surface area contributed by atoms with Crippen LogP contribution in [-0.4, -0.2) is 43.7 Å². The maximum absolute atomic E-state index is 12.7. The summed E-state index contributed by atoms with van der Waals surface area (Å²) in [5.74, 6) is -0.414. The molecule has 1 N–H and O–H groups in total. The monoisotopic (exact) mass is 432 g/mol. The van der Waals surface area contributed by atoms with Gasteiger partial charge in [-0.05, 0) is 36.1 Å². The third-order valence-electron chi connectivity index (χ3n) is 5.05. The minimum absolute atomic E-state index is 0.00358. The fourth-order valence-corrected chi connectivity index (χ4v) is 4.47. The van der Waals surface area contributed by atoms with E-state index in [4.69, 9.17) is 20.8 Å².